The molecule has 1 aliphatic carbocycles. The van der Waals surface area contributed by atoms with Crippen molar-refractivity contribution in [1.29, 1.82) is 0 Å². The first-order valence-electron chi connectivity index (χ1n) is 7.08. The molecule has 0 saturated heterocycles. The van der Waals surface area contributed by atoms with Crippen LogP contribution < -0.4 is 10.1 Å². The van der Waals surface area contributed by atoms with Gasteiger partial charge in [-0.3, -0.25) is 0 Å². The molecule has 3 rings (SSSR count). The first-order valence-corrected chi connectivity index (χ1v) is 7.90. The molecule has 106 valence electrons. The minimum atomic E-state index is 0.124. The second-order valence-electron chi connectivity index (χ2n) is 5.05. The minimum Gasteiger partial charge on any atom is -0.469 e. The Bertz CT molecular complexity index is 551. The van der Waals surface area contributed by atoms with Crippen LogP contribution in [0.15, 0.2) is 30.3 Å². The summed E-state index contributed by atoms with van der Waals surface area (Å²) in [6.07, 6.45) is 3.66. The number of hydrogen-bond acceptors (Lipinski definition) is 5. The second kappa shape index (κ2) is 5.89. The van der Waals surface area contributed by atoms with Crippen LogP contribution in [0, 0.1) is 0 Å². The van der Waals surface area contributed by atoms with Gasteiger partial charge in [-0.1, -0.05) is 41.7 Å². The lowest BCUT2D eigenvalue weighted by molar-refractivity contribution is 0.183. The van der Waals surface area contributed by atoms with Crippen LogP contribution in [0.3, 0.4) is 0 Å². The van der Waals surface area contributed by atoms with E-state index < -0.39 is 0 Å². The number of aromatic nitrogens is 2. The lowest BCUT2D eigenvalue weighted by atomic mass is 9.72. The summed E-state index contributed by atoms with van der Waals surface area (Å²) < 4.78 is 5.36. The number of nitrogens with one attached hydrogen (secondary N) is 1. The summed E-state index contributed by atoms with van der Waals surface area (Å²) in [5, 5.41) is 13.5. The smallest absolute Gasteiger partial charge is 0.294 e. The Balaban J connectivity index is 1.66. The van der Waals surface area contributed by atoms with E-state index in [0.717, 1.165) is 11.6 Å². The number of rotatable bonds is 6. The van der Waals surface area contributed by atoms with Gasteiger partial charge in [0, 0.05) is 5.54 Å². The molecule has 0 amide bonds. The van der Waals surface area contributed by atoms with Gasteiger partial charge in [-0.15, -0.1) is 10.2 Å². The molecular formula is C15H19N3OS. The van der Waals surface area contributed by atoms with E-state index in [2.05, 4.69) is 45.8 Å². The number of nitrogens with zero attached hydrogens (tertiary/aromatic N) is 2. The Morgan fingerprint density at radius 2 is 2.05 bits per heavy atom. The third-order valence-electron chi connectivity index (χ3n) is 3.83. The number of ether oxygens (including phenoxy) is 1. The highest BCUT2D eigenvalue weighted by molar-refractivity contribution is 7.13. The van der Waals surface area contributed by atoms with Crippen molar-refractivity contribution in [3.05, 3.63) is 40.9 Å². The quantitative estimate of drug-likeness (QED) is 0.887. The Labute approximate surface area is 123 Å². The van der Waals surface area contributed by atoms with E-state index in [4.69, 9.17) is 4.74 Å². The third kappa shape index (κ3) is 2.69. The van der Waals surface area contributed by atoms with E-state index in [1.165, 1.54) is 36.2 Å². The highest BCUT2D eigenvalue weighted by Gasteiger charge is 2.38. The largest absolute Gasteiger partial charge is 0.469 e. The minimum absolute atomic E-state index is 0.124. The normalized spacial score (nSPS) is 16.6. The van der Waals surface area contributed by atoms with E-state index in [1.54, 1.807) is 0 Å². The molecule has 0 aliphatic heterocycles. The van der Waals surface area contributed by atoms with E-state index >= 15 is 0 Å². The van der Waals surface area contributed by atoms with Gasteiger partial charge >= 0.3 is 0 Å². The topological polar surface area (TPSA) is 47.0 Å². The molecule has 20 heavy (non-hydrogen) atoms. The molecule has 1 aliphatic rings. The highest BCUT2D eigenvalue weighted by Crippen LogP contribution is 2.41. The maximum atomic E-state index is 5.36. The predicted octanol–water partition coefficient (Wildman–Crippen LogP) is 3.11. The molecule has 4 nitrogen and oxygen atoms in total. The van der Waals surface area contributed by atoms with Crippen molar-refractivity contribution in [3.63, 3.8) is 0 Å². The Kier molecular flexibility index (Phi) is 3.98. The zero-order valence-corrected chi connectivity index (χ0v) is 12.4. The lowest BCUT2D eigenvalue weighted by Crippen LogP contribution is -2.47. The van der Waals surface area contributed by atoms with Gasteiger partial charge in [-0.25, -0.2) is 0 Å². The van der Waals surface area contributed by atoms with Crippen molar-refractivity contribution in [3.8, 4) is 5.19 Å². The summed E-state index contributed by atoms with van der Waals surface area (Å²) in [5.41, 5.74) is 1.50. The van der Waals surface area contributed by atoms with Crippen LogP contribution in [-0.4, -0.2) is 16.8 Å². The summed E-state index contributed by atoms with van der Waals surface area (Å²) in [7, 11) is 0. The van der Waals surface area contributed by atoms with E-state index in [0.29, 0.717) is 11.8 Å². The molecule has 1 heterocycles. The average Bonchev–Trinajstić information content (AvgIpc) is 2.87. The summed E-state index contributed by atoms with van der Waals surface area (Å²) in [6.45, 7) is 3.34. The summed E-state index contributed by atoms with van der Waals surface area (Å²) >= 11 is 1.52. The van der Waals surface area contributed by atoms with Crippen molar-refractivity contribution < 1.29 is 4.74 Å². The van der Waals surface area contributed by atoms with Crippen molar-refractivity contribution in [1.82, 2.24) is 15.5 Å². The van der Waals surface area contributed by atoms with Gasteiger partial charge in [-0.05, 0) is 31.7 Å². The average molecular weight is 289 g/mol. The zero-order valence-electron chi connectivity index (χ0n) is 11.6. The van der Waals surface area contributed by atoms with Gasteiger partial charge in [0.25, 0.3) is 5.19 Å². The second-order valence-corrected chi connectivity index (χ2v) is 6.07. The van der Waals surface area contributed by atoms with Crippen LogP contribution in [0.2, 0.25) is 0 Å². The van der Waals surface area contributed by atoms with Crippen LogP contribution in [-0.2, 0) is 12.1 Å². The molecule has 5 heteroatoms. The molecule has 0 atom stereocenters. The first-order chi connectivity index (χ1) is 9.82. The van der Waals surface area contributed by atoms with Gasteiger partial charge in [-0.2, -0.15) is 0 Å². The predicted molar refractivity (Wildman–Crippen MR) is 79.9 cm³/mol. The molecule has 1 aromatic carbocycles. The zero-order chi connectivity index (χ0) is 13.8. The van der Waals surface area contributed by atoms with Crippen molar-refractivity contribution in [2.45, 2.75) is 38.3 Å². The van der Waals surface area contributed by atoms with Crippen molar-refractivity contribution >= 4 is 11.3 Å². The molecule has 1 fully saturated rings. The van der Waals surface area contributed by atoms with Crippen LogP contribution in [0.25, 0.3) is 0 Å². The molecule has 1 saturated carbocycles. The van der Waals surface area contributed by atoms with Gasteiger partial charge < -0.3 is 10.1 Å². The SMILES string of the molecule is CCOc1nnc(CNC2(c3ccccc3)CCC2)s1. The third-order valence-corrected chi connectivity index (χ3v) is 4.66. The fraction of sp³-hybridized carbons (Fsp3) is 0.467. The summed E-state index contributed by atoms with van der Waals surface area (Å²) in [6, 6.07) is 10.7. The highest BCUT2D eigenvalue weighted by atomic mass is 32.1. The fourth-order valence-electron chi connectivity index (χ4n) is 2.59. The molecule has 0 unspecified atom stereocenters. The first kappa shape index (κ1) is 13.5. The molecule has 0 bridgehead atoms. The molecule has 1 N–H and O–H groups in total. The Hall–Kier alpha value is -1.46. The van der Waals surface area contributed by atoms with E-state index in [9.17, 15) is 0 Å². The molecule has 1 aromatic heterocycles. The molecular weight excluding hydrogens is 270 g/mol. The summed E-state index contributed by atoms with van der Waals surface area (Å²) in [5.74, 6) is 0. The van der Waals surface area contributed by atoms with Gasteiger partial charge in [0.2, 0.25) is 0 Å². The number of hydrogen-bond donors (Lipinski definition) is 1. The van der Waals surface area contributed by atoms with E-state index in [1.807, 2.05) is 6.92 Å². The van der Waals surface area contributed by atoms with Crippen molar-refractivity contribution in [2.75, 3.05) is 6.61 Å². The van der Waals surface area contributed by atoms with Crippen molar-refractivity contribution in [2.24, 2.45) is 0 Å². The van der Waals surface area contributed by atoms with Crippen LogP contribution >= 0.6 is 11.3 Å². The van der Waals surface area contributed by atoms with Crippen LogP contribution in [0.1, 0.15) is 36.8 Å². The van der Waals surface area contributed by atoms with Gasteiger partial charge in [0.15, 0.2) is 0 Å². The van der Waals surface area contributed by atoms with E-state index in [-0.39, 0.29) is 5.54 Å². The molecule has 0 radical (unpaired) electrons. The fourth-order valence-corrected chi connectivity index (χ4v) is 3.28. The van der Waals surface area contributed by atoms with Crippen LogP contribution in [0.5, 0.6) is 5.19 Å². The Morgan fingerprint density at radius 3 is 2.70 bits per heavy atom. The Morgan fingerprint density at radius 1 is 1.25 bits per heavy atom. The standard InChI is InChI=1S/C15H19N3OS/c1-2-19-14-18-17-13(20-14)11-16-15(9-6-10-15)12-7-4-3-5-8-12/h3-5,7-8,16H,2,6,9-11H2,1H3. The maximum Gasteiger partial charge on any atom is 0.294 e. The molecule has 0 spiro atoms. The van der Waals surface area contributed by atoms with Gasteiger partial charge in [0.05, 0.1) is 13.2 Å². The van der Waals surface area contributed by atoms with Gasteiger partial charge in [0.1, 0.15) is 5.01 Å². The van der Waals surface area contributed by atoms with Crippen LogP contribution in [0.4, 0.5) is 0 Å². The monoisotopic (exact) mass is 289 g/mol. The lowest BCUT2D eigenvalue weighted by Gasteiger charge is -2.43. The molecule has 2 aromatic rings. The number of benzene rings is 1. The summed E-state index contributed by atoms with van der Waals surface area (Å²) in [4.78, 5) is 0. The maximum absolute atomic E-state index is 5.36.